The van der Waals surface area contributed by atoms with Gasteiger partial charge in [-0.25, -0.2) is 4.98 Å². The number of ether oxygens (including phenoxy) is 1. The van der Waals surface area contributed by atoms with E-state index in [1.165, 1.54) is 11.9 Å². The Bertz CT molecular complexity index is 1070. The summed E-state index contributed by atoms with van der Waals surface area (Å²) in [7, 11) is 0. The monoisotopic (exact) mass is 407 g/mol. The van der Waals surface area contributed by atoms with Crippen LogP contribution in [0.3, 0.4) is 0 Å². The average molecular weight is 407 g/mol. The Morgan fingerprint density at radius 3 is 3.07 bits per heavy atom. The van der Waals surface area contributed by atoms with E-state index in [1.54, 1.807) is 10.7 Å². The van der Waals surface area contributed by atoms with E-state index in [9.17, 15) is 4.79 Å². The van der Waals surface area contributed by atoms with Crippen molar-refractivity contribution in [2.75, 3.05) is 31.1 Å². The first-order chi connectivity index (χ1) is 14.7. The third-order valence-corrected chi connectivity index (χ3v) is 6.02. The molecule has 2 aliphatic rings. The number of hydrogen-bond donors (Lipinski definition) is 1. The fourth-order valence-electron chi connectivity index (χ4n) is 4.47. The molecule has 3 aromatic rings. The summed E-state index contributed by atoms with van der Waals surface area (Å²) in [5.74, 6) is 2.42. The van der Waals surface area contributed by atoms with Gasteiger partial charge in [0, 0.05) is 31.4 Å². The lowest BCUT2D eigenvalue weighted by atomic mass is 9.98. The topological polar surface area (TPSA) is 102 Å². The van der Waals surface area contributed by atoms with E-state index < -0.39 is 0 Å². The molecule has 1 fully saturated rings. The minimum atomic E-state index is -0.0213. The normalized spacial score (nSPS) is 18.6. The van der Waals surface area contributed by atoms with E-state index >= 15 is 0 Å². The van der Waals surface area contributed by atoms with Crippen LogP contribution in [0.25, 0.3) is 5.78 Å². The molecule has 1 unspecified atom stereocenters. The van der Waals surface area contributed by atoms with Crippen LogP contribution >= 0.6 is 0 Å². The van der Waals surface area contributed by atoms with Gasteiger partial charge in [-0.05, 0) is 37.0 Å². The van der Waals surface area contributed by atoms with Gasteiger partial charge in [-0.15, -0.1) is 0 Å². The maximum Gasteiger partial charge on any atom is 0.254 e. The van der Waals surface area contributed by atoms with Crippen LogP contribution in [0.1, 0.15) is 24.0 Å². The lowest BCUT2D eigenvalue weighted by Crippen LogP contribution is -2.40. The molecule has 1 atom stereocenters. The Morgan fingerprint density at radius 1 is 1.23 bits per heavy atom. The van der Waals surface area contributed by atoms with Gasteiger partial charge in [0.15, 0.2) is 0 Å². The highest BCUT2D eigenvalue weighted by Crippen LogP contribution is 2.30. The predicted molar refractivity (Wildman–Crippen MR) is 111 cm³/mol. The maximum absolute atomic E-state index is 12.1. The van der Waals surface area contributed by atoms with Gasteiger partial charge >= 0.3 is 0 Å². The van der Waals surface area contributed by atoms with E-state index in [-0.39, 0.29) is 18.5 Å². The summed E-state index contributed by atoms with van der Waals surface area (Å²) >= 11 is 0. The molecule has 9 nitrogen and oxygen atoms in total. The number of rotatable bonds is 5. The zero-order valence-electron chi connectivity index (χ0n) is 16.8. The number of carbonyl (C=O) groups is 1. The number of carbonyl (C=O) groups excluding carboxylic acids is 1. The van der Waals surface area contributed by atoms with Gasteiger partial charge in [-0.3, -0.25) is 4.79 Å². The quantitative estimate of drug-likeness (QED) is 0.674. The second-order valence-corrected chi connectivity index (χ2v) is 7.74. The van der Waals surface area contributed by atoms with Crippen molar-refractivity contribution in [2.24, 2.45) is 5.73 Å². The minimum Gasteiger partial charge on any atom is -0.491 e. The highest BCUT2D eigenvalue weighted by atomic mass is 16.5. The summed E-state index contributed by atoms with van der Waals surface area (Å²) in [5, 5.41) is 4.32. The third kappa shape index (κ3) is 3.35. The number of nitrogens with two attached hydrogens (primary N) is 1. The largest absolute Gasteiger partial charge is 0.491 e. The smallest absolute Gasteiger partial charge is 0.254 e. The predicted octanol–water partition coefficient (Wildman–Crippen LogP) is 1.02. The molecule has 156 valence electrons. The van der Waals surface area contributed by atoms with E-state index in [1.807, 2.05) is 23.1 Å². The molecule has 2 N–H and O–H groups in total. The van der Waals surface area contributed by atoms with Crippen LogP contribution in [-0.4, -0.2) is 62.7 Å². The number of aromatic nitrogens is 4. The van der Waals surface area contributed by atoms with Crippen molar-refractivity contribution in [3.8, 4) is 5.75 Å². The molecule has 0 spiro atoms. The molecule has 0 saturated carbocycles. The van der Waals surface area contributed by atoms with Crippen LogP contribution in [0.2, 0.25) is 0 Å². The molecule has 30 heavy (non-hydrogen) atoms. The first kappa shape index (κ1) is 18.8. The summed E-state index contributed by atoms with van der Waals surface area (Å²) < 4.78 is 8.10. The highest BCUT2D eigenvalue weighted by molar-refractivity contribution is 5.78. The van der Waals surface area contributed by atoms with Gasteiger partial charge in [-0.1, -0.05) is 12.1 Å². The van der Waals surface area contributed by atoms with Crippen LogP contribution in [0.15, 0.2) is 36.8 Å². The van der Waals surface area contributed by atoms with Crippen LogP contribution in [0, 0.1) is 0 Å². The number of nitrogens with zero attached hydrogens (tertiary/aromatic N) is 6. The van der Waals surface area contributed by atoms with Gasteiger partial charge < -0.3 is 20.3 Å². The Balaban J connectivity index is 1.34. The van der Waals surface area contributed by atoms with Crippen molar-refractivity contribution >= 4 is 17.5 Å². The molecule has 5 rings (SSSR count). The first-order valence-electron chi connectivity index (χ1n) is 10.4. The lowest BCUT2D eigenvalue weighted by molar-refractivity contribution is -0.130. The van der Waals surface area contributed by atoms with E-state index in [4.69, 9.17) is 10.5 Å². The summed E-state index contributed by atoms with van der Waals surface area (Å²) in [5.41, 5.74) is 7.90. The van der Waals surface area contributed by atoms with Crippen LogP contribution in [0.5, 0.6) is 5.75 Å². The number of amides is 1. The fourth-order valence-corrected chi connectivity index (χ4v) is 4.47. The molecule has 2 aromatic heterocycles. The van der Waals surface area contributed by atoms with E-state index in [2.05, 4.69) is 26.0 Å². The van der Waals surface area contributed by atoms with Crippen LogP contribution in [-0.2, 0) is 17.8 Å². The van der Waals surface area contributed by atoms with Gasteiger partial charge in [0.05, 0.1) is 12.6 Å². The first-order valence-corrected chi connectivity index (χ1v) is 10.4. The Morgan fingerprint density at radius 2 is 2.17 bits per heavy atom. The second-order valence-electron chi connectivity index (χ2n) is 7.74. The van der Waals surface area contributed by atoms with Crippen LogP contribution in [0.4, 0.5) is 5.82 Å². The number of hydrogen-bond acceptors (Lipinski definition) is 7. The molecule has 0 aliphatic carbocycles. The Hall–Kier alpha value is -3.20. The van der Waals surface area contributed by atoms with Crippen molar-refractivity contribution in [1.29, 1.82) is 0 Å². The van der Waals surface area contributed by atoms with E-state index in [0.29, 0.717) is 25.5 Å². The van der Waals surface area contributed by atoms with Crippen molar-refractivity contribution in [3.05, 3.63) is 47.9 Å². The van der Waals surface area contributed by atoms with Gasteiger partial charge in [-0.2, -0.15) is 14.6 Å². The van der Waals surface area contributed by atoms with Gasteiger partial charge in [0.1, 0.15) is 24.5 Å². The minimum absolute atomic E-state index is 0.0213. The number of anilines is 1. The van der Waals surface area contributed by atoms with Crippen molar-refractivity contribution < 1.29 is 9.53 Å². The second kappa shape index (κ2) is 7.91. The third-order valence-electron chi connectivity index (χ3n) is 6.02. The molecule has 9 heteroatoms. The highest BCUT2D eigenvalue weighted by Gasteiger charge is 2.28. The van der Waals surface area contributed by atoms with Crippen LogP contribution < -0.4 is 15.4 Å². The van der Waals surface area contributed by atoms with Crippen molar-refractivity contribution in [1.82, 2.24) is 24.5 Å². The zero-order valence-corrected chi connectivity index (χ0v) is 16.8. The molecule has 2 aliphatic heterocycles. The molecule has 0 radical (unpaired) electrons. The standard InChI is InChI=1S/C21H25N7O2/c22-11-20(29)26-10-7-15-3-1-5-18(17(15)12-26)30-13-16-4-2-9-27(16)19-6-8-23-21-24-14-25-28(19)21/h1,3,5-6,8,14,16H,2,4,7,9-13,22H2. The van der Waals surface area contributed by atoms with Crippen molar-refractivity contribution in [2.45, 2.75) is 31.8 Å². The lowest BCUT2D eigenvalue weighted by Gasteiger charge is -2.31. The summed E-state index contributed by atoms with van der Waals surface area (Å²) in [6, 6.07) is 8.35. The zero-order chi connectivity index (χ0) is 20.5. The van der Waals surface area contributed by atoms with Crippen molar-refractivity contribution in [3.63, 3.8) is 0 Å². The molecule has 1 amide bonds. The summed E-state index contributed by atoms with van der Waals surface area (Å²) in [6.07, 6.45) is 6.27. The summed E-state index contributed by atoms with van der Waals surface area (Å²) in [6.45, 7) is 2.81. The number of fused-ring (bicyclic) bond motifs is 2. The summed E-state index contributed by atoms with van der Waals surface area (Å²) in [4.78, 5) is 24.7. The molecule has 0 bridgehead atoms. The molecule has 1 aromatic carbocycles. The van der Waals surface area contributed by atoms with Gasteiger partial charge in [0.25, 0.3) is 5.78 Å². The Kier molecular flexibility index (Phi) is 4.96. The number of benzene rings is 1. The van der Waals surface area contributed by atoms with Gasteiger partial charge in [0.2, 0.25) is 5.91 Å². The SMILES string of the molecule is NCC(=O)N1CCc2cccc(OCC3CCCN3c3ccnc4ncnn34)c2C1. The molecule has 4 heterocycles. The molecular formula is C21H25N7O2. The average Bonchev–Trinajstić information content (AvgIpc) is 3.46. The molecular weight excluding hydrogens is 382 g/mol. The van der Waals surface area contributed by atoms with E-state index in [0.717, 1.165) is 42.9 Å². The fraction of sp³-hybridized carbons (Fsp3) is 0.429. The maximum atomic E-state index is 12.1. The Labute approximate surface area is 174 Å². The molecule has 1 saturated heterocycles.